The molecular weight excluding hydrogens is 250 g/mol. The molecule has 0 aliphatic carbocycles. The minimum atomic E-state index is 0.548. The van der Waals surface area contributed by atoms with Gasteiger partial charge in [-0.1, -0.05) is 36.4 Å². The summed E-state index contributed by atoms with van der Waals surface area (Å²) >= 11 is 0. The molecule has 106 valence electrons. The third-order valence-corrected chi connectivity index (χ3v) is 2.93. The summed E-state index contributed by atoms with van der Waals surface area (Å²) in [6.45, 7) is 3.97. The van der Waals surface area contributed by atoms with E-state index in [4.69, 9.17) is 9.47 Å². The Kier molecular flexibility index (Phi) is 5.44. The van der Waals surface area contributed by atoms with Crippen molar-refractivity contribution in [2.24, 2.45) is 0 Å². The Labute approximate surface area is 120 Å². The molecule has 0 radical (unpaired) electrons. The van der Waals surface area contributed by atoms with Crippen molar-refractivity contribution in [3.63, 3.8) is 0 Å². The molecule has 0 amide bonds. The maximum absolute atomic E-state index is 5.86. The predicted molar refractivity (Wildman–Crippen MR) is 81.1 cm³/mol. The molecule has 0 aromatic heterocycles. The fourth-order valence-corrected chi connectivity index (χ4v) is 1.99. The first-order valence-corrected chi connectivity index (χ1v) is 6.90. The third-order valence-electron chi connectivity index (χ3n) is 2.93. The number of ether oxygens (including phenoxy) is 2. The van der Waals surface area contributed by atoms with Gasteiger partial charge in [0.05, 0.1) is 6.61 Å². The van der Waals surface area contributed by atoms with Crippen LogP contribution in [0, 0.1) is 0 Å². The van der Waals surface area contributed by atoms with Gasteiger partial charge in [0.1, 0.15) is 6.61 Å². The number of nitrogens with one attached hydrogen (secondary N) is 1. The zero-order chi connectivity index (χ0) is 14.2. The number of hydrogen-bond donors (Lipinski definition) is 1. The molecule has 20 heavy (non-hydrogen) atoms. The summed E-state index contributed by atoms with van der Waals surface area (Å²) in [6, 6.07) is 16.2. The third kappa shape index (κ3) is 4.00. The number of rotatable bonds is 7. The van der Waals surface area contributed by atoms with Gasteiger partial charge in [-0.05, 0) is 37.2 Å². The van der Waals surface area contributed by atoms with Crippen LogP contribution in [0.1, 0.15) is 18.1 Å². The molecule has 0 saturated carbocycles. The highest BCUT2D eigenvalue weighted by molar-refractivity contribution is 5.43. The normalized spacial score (nSPS) is 10.3. The van der Waals surface area contributed by atoms with Crippen LogP contribution in [0.4, 0.5) is 0 Å². The van der Waals surface area contributed by atoms with Gasteiger partial charge in [-0.2, -0.15) is 0 Å². The van der Waals surface area contributed by atoms with Gasteiger partial charge in [-0.3, -0.25) is 0 Å². The van der Waals surface area contributed by atoms with Crippen LogP contribution in [0.3, 0.4) is 0 Å². The van der Waals surface area contributed by atoms with E-state index in [0.29, 0.717) is 13.2 Å². The summed E-state index contributed by atoms with van der Waals surface area (Å²) < 4.78 is 11.5. The molecule has 2 aromatic rings. The van der Waals surface area contributed by atoms with Crippen LogP contribution in [-0.4, -0.2) is 13.7 Å². The van der Waals surface area contributed by atoms with Crippen LogP contribution < -0.4 is 14.8 Å². The highest BCUT2D eigenvalue weighted by Crippen LogP contribution is 2.29. The standard InChI is InChI=1S/C17H21NO2/c1-3-19-17-11-15(12-18-2)9-10-16(17)20-13-14-7-5-4-6-8-14/h4-11,18H,3,12-13H2,1-2H3. The van der Waals surface area contributed by atoms with Gasteiger partial charge >= 0.3 is 0 Å². The molecule has 0 spiro atoms. The summed E-state index contributed by atoms with van der Waals surface area (Å²) in [5.74, 6) is 1.59. The fraction of sp³-hybridized carbons (Fsp3) is 0.294. The summed E-state index contributed by atoms with van der Waals surface area (Å²) in [7, 11) is 1.93. The lowest BCUT2D eigenvalue weighted by Gasteiger charge is -2.13. The second kappa shape index (κ2) is 7.56. The summed E-state index contributed by atoms with van der Waals surface area (Å²) in [5.41, 5.74) is 2.33. The van der Waals surface area contributed by atoms with Gasteiger partial charge in [0, 0.05) is 6.54 Å². The summed E-state index contributed by atoms with van der Waals surface area (Å²) in [6.07, 6.45) is 0. The Bertz CT molecular complexity index is 526. The van der Waals surface area contributed by atoms with Gasteiger partial charge in [-0.25, -0.2) is 0 Å². The first-order valence-electron chi connectivity index (χ1n) is 6.90. The van der Waals surface area contributed by atoms with Gasteiger partial charge < -0.3 is 14.8 Å². The molecule has 2 aromatic carbocycles. The first kappa shape index (κ1) is 14.4. The highest BCUT2D eigenvalue weighted by atomic mass is 16.5. The molecular formula is C17H21NO2. The minimum absolute atomic E-state index is 0.548. The van der Waals surface area contributed by atoms with Crippen molar-refractivity contribution in [1.29, 1.82) is 0 Å². The molecule has 2 rings (SSSR count). The van der Waals surface area contributed by atoms with E-state index in [1.165, 1.54) is 5.56 Å². The van der Waals surface area contributed by atoms with Crippen LogP contribution in [-0.2, 0) is 13.2 Å². The monoisotopic (exact) mass is 271 g/mol. The van der Waals surface area contributed by atoms with E-state index in [2.05, 4.69) is 23.5 Å². The maximum atomic E-state index is 5.86. The van der Waals surface area contributed by atoms with Crippen LogP contribution in [0.25, 0.3) is 0 Å². The average Bonchev–Trinajstić information content (AvgIpc) is 2.48. The Hall–Kier alpha value is -2.00. The quantitative estimate of drug-likeness (QED) is 0.837. The van der Waals surface area contributed by atoms with Crippen LogP contribution in [0.2, 0.25) is 0 Å². The number of hydrogen-bond acceptors (Lipinski definition) is 3. The van der Waals surface area contributed by atoms with Crippen molar-refractivity contribution >= 4 is 0 Å². The van der Waals surface area contributed by atoms with Crippen molar-refractivity contribution in [2.75, 3.05) is 13.7 Å². The lowest BCUT2D eigenvalue weighted by Crippen LogP contribution is -2.06. The second-order valence-electron chi connectivity index (χ2n) is 4.52. The number of benzene rings is 2. The van der Waals surface area contributed by atoms with Gasteiger partial charge in [0.25, 0.3) is 0 Å². The molecule has 0 atom stereocenters. The molecule has 0 fully saturated rings. The van der Waals surface area contributed by atoms with Crippen LogP contribution >= 0.6 is 0 Å². The largest absolute Gasteiger partial charge is 0.490 e. The van der Waals surface area contributed by atoms with Gasteiger partial charge in [0.15, 0.2) is 11.5 Å². The SMILES string of the molecule is CCOc1cc(CNC)ccc1OCc1ccccc1. The molecule has 1 N–H and O–H groups in total. The van der Waals surface area contributed by atoms with Crippen molar-refractivity contribution < 1.29 is 9.47 Å². The second-order valence-corrected chi connectivity index (χ2v) is 4.52. The molecule has 3 nitrogen and oxygen atoms in total. The van der Waals surface area contributed by atoms with Crippen molar-refractivity contribution in [2.45, 2.75) is 20.1 Å². The highest BCUT2D eigenvalue weighted by Gasteiger charge is 2.06. The zero-order valence-electron chi connectivity index (χ0n) is 12.1. The van der Waals surface area contributed by atoms with E-state index in [1.807, 2.05) is 44.3 Å². The Morgan fingerprint density at radius 2 is 1.70 bits per heavy atom. The van der Waals surface area contributed by atoms with Crippen LogP contribution in [0.15, 0.2) is 48.5 Å². The van der Waals surface area contributed by atoms with Gasteiger partial charge in [0.2, 0.25) is 0 Å². The molecule has 0 aliphatic rings. The van der Waals surface area contributed by atoms with E-state index in [-0.39, 0.29) is 0 Å². The Balaban J connectivity index is 2.09. The molecule has 0 heterocycles. The zero-order valence-corrected chi connectivity index (χ0v) is 12.1. The van der Waals surface area contributed by atoms with E-state index >= 15 is 0 Å². The van der Waals surface area contributed by atoms with Crippen molar-refractivity contribution in [3.8, 4) is 11.5 Å². The lowest BCUT2D eigenvalue weighted by atomic mass is 10.2. The van der Waals surface area contributed by atoms with E-state index in [1.54, 1.807) is 0 Å². The predicted octanol–water partition coefficient (Wildman–Crippen LogP) is 3.38. The van der Waals surface area contributed by atoms with E-state index < -0.39 is 0 Å². The van der Waals surface area contributed by atoms with Crippen molar-refractivity contribution in [3.05, 3.63) is 59.7 Å². The van der Waals surface area contributed by atoms with Crippen LogP contribution in [0.5, 0.6) is 11.5 Å². The smallest absolute Gasteiger partial charge is 0.161 e. The molecule has 0 unspecified atom stereocenters. The van der Waals surface area contributed by atoms with Crippen molar-refractivity contribution in [1.82, 2.24) is 5.32 Å². The lowest BCUT2D eigenvalue weighted by molar-refractivity contribution is 0.269. The minimum Gasteiger partial charge on any atom is -0.490 e. The summed E-state index contributed by atoms with van der Waals surface area (Å²) in [4.78, 5) is 0. The average molecular weight is 271 g/mol. The first-order chi connectivity index (χ1) is 9.83. The summed E-state index contributed by atoms with van der Waals surface area (Å²) in [5, 5.41) is 3.13. The molecule has 3 heteroatoms. The van der Waals surface area contributed by atoms with E-state index in [9.17, 15) is 0 Å². The van der Waals surface area contributed by atoms with E-state index in [0.717, 1.165) is 23.6 Å². The molecule has 0 bridgehead atoms. The fourth-order valence-electron chi connectivity index (χ4n) is 1.99. The molecule has 0 saturated heterocycles. The molecule has 0 aliphatic heterocycles. The Morgan fingerprint density at radius 3 is 2.40 bits per heavy atom. The Morgan fingerprint density at radius 1 is 0.900 bits per heavy atom. The van der Waals surface area contributed by atoms with Gasteiger partial charge in [-0.15, -0.1) is 0 Å². The topological polar surface area (TPSA) is 30.5 Å². The maximum Gasteiger partial charge on any atom is 0.161 e.